The third-order valence-electron chi connectivity index (χ3n) is 2.11. The van der Waals surface area contributed by atoms with E-state index in [0.29, 0.717) is 5.56 Å². The highest BCUT2D eigenvalue weighted by Gasteiger charge is 2.09. The summed E-state index contributed by atoms with van der Waals surface area (Å²) in [5.74, 6) is -0.214. The lowest BCUT2D eigenvalue weighted by Crippen LogP contribution is -2.09. The quantitative estimate of drug-likeness (QED) is 0.599. The summed E-state index contributed by atoms with van der Waals surface area (Å²) < 4.78 is 21.8. The highest BCUT2D eigenvalue weighted by Crippen LogP contribution is 2.15. The van der Waals surface area contributed by atoms with Crippen LogP contribution in [0.25, 0.3) is 0 Å². The smallest absolute Gasteiger partial charge is 0.163 e. The Kier molecular flexibility index (Phi) is 4.56. The summed E-state index contributed by atoms with van der Waals surface area (Å²) >= 11 is 1.60. The zero-order chi connectivity index (χ0) is 12.2. The first-order valence-electron chi connectivity index (χ1n) is 4.77. The van der Waals surface area contributed by atoms with Crippen molar-refractivity contribution in [3.05, 3.63) is 29.8 Å². The third-order valence-corrected chi connectivity index (χ3v) is 3.80. The maximum Gasteiger partial charge on any atom is 0.163 e. The van der Waals surface area contributed by atoms with Gasteiger partial charge in [0.2, 0.25) is 0 Å². The molecule has 16 heavy (non-hydrogen) atoms. The lowest BCUT2D eigenvalue weighted by molar-refractivity contribution is 0.0988. The molecule has 0 N–H and O–H groups in total. The molecule has 1 rings (SSSR count). The van der Waals surface area contributed by atoms with Gasteiger partial charge in [0.1, 0.15) is 9.84 Å². The number of carbonyl (C=O) groups is 1. The van der Waals surface area contributed by atoms with Crippen molar-refractivity contribution >= 4 is 27.4 Å². The second kappa shape index (κ2) is 5.50. The SMILES string of the molecule is CSc1ccc(C(=O)CCS(C)(=O)=O)cc1. The predicted octanol–water partition coefficient (Wildman–Crippen LogP) is 2.03. The molecule has 1 aromatic carbocycles. The molecule has 0 amide bonds. The average Bonchev–Trinajstić information content (AvgIpc) is 2.25. The molecule has 0 spiro atoms. The van der Waals surface area contributed by atoms with Crippen LogP contribution in [0.4, 0.5) is 0 Å². The Morgan fingerprint density at radius 2 is 1.81 bits per heavy atom. The molecule has 0 fully saturated rings. The van der Waals surface area contributed by atoms with E-state index in [4.69, 9.17) is 0 Å². The van der Waals surface area contributed by atoms with Crippen LogP contribution >= 0.6 is 11.8 Å². The van der Waals surface area contributed by atoms with Crippen molar-refractivity contribution in [3.63, 3.8) is 0 Å². The van der Waals surface area contributed by atoms with Crippen LogP contribution in [-0.2, 0) is 9.84 Å². The maximum absolute atomic E-state index is 11.6. The zero-order valence-electron chi connectivity index (χ0n) is 9.26. The molecular weight excluding hydrogens is 244 g/mol. The topological polar surface area (TPSA) is 51.2 Å². The molecule has 0 saturated carbocycles. The second-order valence-corrected chi connectivity index (χ2v) is 6.67. The van der Waals surface area contributed by atoms with Gasteiger partial charge in [0.25, 0.3) is 0 Å². The minimum absolute atomic E-state index is 0.0530. The molecule has 88 valence electrons. The molecule has 0 radical (unpaired) electrons. The minimum Gasteiger partial charge on any atom is -0.294 e. The molecule has 0 aliphatic carbocycles. The molecule has 0 aromatic heterocycles. The van der Waals surface area contributed by atoms with Gasteiger partial charge in [0.05, 0.1) is 5.75 Å². The van der Waals surface area contributed by atoms with Crippen molar-refractivity contribution in [2.24, 2.45) is 0 Å². The largest absolute Gasteiger partial charge is 0.294 e. The van der Waals surface area contributed by atoms with Crippen molar-refractivity contribution in [1.82, 2.24) is 0 Å². The van der Waals surface area contributed by atoms with Crippen LogP contribution in [0.3, 0.4) is 0 Å². The Bertz CT molecular complexity index is 461. The van der Waals surface area contributed by atoms with Crippen molar-refractivity contribution < 1.29 is 13.2 Å². The summed E-state index contributed by atoms with van der Waals surface area (Å²) in [5, 5.41) is 0. The van der Waals surface area contributed by atoms with Crippen LogP contribution in [0.5, 0.6) is 0 Å². The lowest BCUT2D eigenvalue weighted by atomic mass is 10.1. The molecule has 0 unspecified atom stereocenters. The molecule has 0 aliphatic rings. The number of sulfone groups is 1. The number of hydrogen-bond donors (Lipinski definition) is 0. The van der Waals surface area contributed by atoms with E-state index in [2.05, 4.69) is 0 Å². The van der Waals surface area contributed by atoms with Crippen LogP contribution < -0.4 is 0 Å². The first-order chi connectivity index (χ1) is 7.42. The highest BCUT2D eigenvalue weighted by molar-refractivity contribution is 7.98. The van der Waals surface area contributed by atoms with Crippen molar-refractivity contribution in [2.75, 3.05) is 18.3 Å². The van der Waals surface area contributed by atoms with Gasteiger partial charge in [-0.3, -0.25) is 4.79 Å². The summed E-state index contributed by atoms with van der Waals surface area (Å²) in [4.78, 5) is 12.7. The standard InChI is InChI=1S/C11H14O3S2/c1-15-10-5-3-9(4-6-10)11(12)7-8-16(2,13)14/h3-6H,7-8H2,1-2H3. The van der Waals surface area contributed by atoms with Gasteiger partial charge in [0, 0.05) is 23.1 Å². The lowest BCUT2D eigenvalue weighted by Gasteiger charge is -2.01. The fraction of sp³-hybridized carbons (Fsp3) is 0.364. The minimum atomic E-state index is -3.06. The van der Waals surface area contributed by atoms with Crippen molar-refractivity contribution in [1.29, 1.82) is 0 Å². The fourth-order valence-corrected chi connectivity index (χ4v) is 2.16. The maximum atomic E-state index is 11.6. The summed E-state index contributed by atoms with van der Waals surface area (Å²) in [7, 11) is -3.06. The van der Waals surface area contributed by atoms with Crippen molar-refractivity contribution in [3.8, 4) is 0 Å². The van der Waals surface area contributed by atoms with E-state index in [1.807, 2.05) is 18.4 Å². The molecule has 0 saturated heterocycles. The highest BCUT2D eigenvalue weighted by atomic mass is 32.2. The zero-order valence-corrected chi connectivity index (χ0v) is 10.9. The van der Waals surface area contributed by atoms with E-state index >= 15 is 0 Å². The number of rotatable bonds is 5. The molecule has 0 atom stereocenters. The van der Waals surface area contributed by atoms with E-state index in [1.165, 1.54) is 0 Å². The Morgan fingerprint density at radius 1 is 1.25 bits per heavy atom. The molecule has 0 aliphatic heterocycles. The molecule has 1 aromatic rings. The number of carbonyl (C=O) groups excluding carboxylic acids is 1. The molecular formula is C11H14O3S2. The number of benzene rings is 1. The van der Waals surface area contributed by atoms with Crippen LogP contribution in [0.1, 0.15) is 16.8 Å². The van der Waals surface area contributed by atoms with E-state index in [1.54, 1.807) is 23.9 Å². The number of Topliss-reactive ketones (excluding diaryl/α,β-unsaturated/α-hetero) is 1. The Morgan fingerprint density at radius 3 is 2.25 bits per heavy atom. The van der Waals surface area contributed by atoms with Gasteiger partial charge in [-0.15, -0.1) is 11.8 Å². The molecule has 3 nitrogen and oxygen atoms in total. The van der Waals surface area contributed by atoms with Gasteiger partial charge in [-0.05, 0) is 18.4 Å². The van der Waals surface area contributed by atoms with E-state index in [0.717, 1.165) is 11.2 Å². The van der Waals surface area contributed by atoms with Gasteiger partial charge >= 0.3 is 0 Å². The van der Waals surface area contributed by atoms with Crippen LogP contribution in [0.2, 0.25) is 0 Å². The van der Waals surface area contributed by atoms with E-state index in [9.17, 15) is 13.2 Å². The van der Waals surface area contributed by atoms with Gasteiger partial charge in [-0.25, -0.2) is 8.42 Å². The van der Waals surface area contributed by atoms with E-state index < -0.39 is 9.84 Å². The first kappa shape index (κ1) is 13.3. The predicted molar refractivity (Wildman–Crippen MR) is 66.9 cm³/mol. The second-order valence-electron chi connectivity index (χ2n) is 3.53. The summed E-state index contributed by atoms with van der Waals surface area (Å²) in [6.07, 6.45) is 3.15. The molecule has 0 bridgehead atoms. The fourth-order valence-electron chi connectivity index (χ4n) is 1.20. The van der Waals surface area contributed by atoms with Gasteiger partial charge in [-0.1, -0.05) is 12.1 Å². The first-order valence-corrected chi connectivity index (χ1v) is 8.06. The molecule has 0 heterocycles. The number of thioether (sulfide) groups is 1. The van der Waals surface area contributed by atoms with Crippen LogP contribution in [0.15, 0.2) is 29.2 Å². The van der Waals surface area contributed by atoms with Crippen molar-refractivity contribution in [2.45, 2.75) is 11.3 Å². The van der Waals surface area contributed by atoms with Gasteiger partial charge in [-0.2, -0.15) is 0 Å². The normalized spacial score (nSPS) is 11.4. The average molecular weight is 258 g/mol. The van der Waals surface area contributed by atoms with Gasteiger partial charge < -0.3 is 0 Å². The summed E-state index contributed by atoms with van der Waals surface area (Å²) in [6.45, 7) is 0. The third kappa shape index (κ3) is 4.37. The van der Waals surface area contributed by atoms with Crippen LogP contribution in [0, 0.1) is 0 Å². The summed E-state index contributed by atoms with van der Waals surface area (Å²) in [6, 6.07) is 7.18. The van der Waals surface area contributed by atoms with Gasteiger partial charge in [0.15, 0.2) is 5.78 Å². The Hall–Kier alpha value is -0.810. The van der Waals surface area contributed by atoms with Crippen LogP contribution in [-0.4, -0.2) is 32.5 Å². The Labute approximate surface area is 100 Å². The Balaban J connectivity index is 2.66. The summed E-state index contributed by atoms with van der Waals surface area (Å²) in [5.41, 5.74) is 0.571. The van der Waals surface area contributed by atoms with E-state index in [-0.39, 0.29) is 18.0 Å². The monoisotopic (exact) mass is 258 g/mol. The number of hydrogen-bond acceptors (Lipinski definition) is 4. The molecule has 5 heteroatoms. The number of ketones is 1.